The number of nitrogens with zero attached hydrogens (tertiary/aromatic N) is 1. The summed E-state index contributed by atoms with van der Waals surface area (Å²) < 4.78 is 0. The van der Waals surface area contributed by atoms with Crippen LogP contribution < -0.4 is 0 Å². The zero-order chi connectivity index (χ0) is 12.1. The van der Waals surface area contributed by atoms with Crippen LogP contribution in [0, 0.1) is 10.7 Å². The van der Waals surface area contributed by atoms with Crippen molar-refractivity contribution in [3.05, 3.63) is 59.1 Å². The molecule has 2 aromatic rings. The first-order valence-electron chi connectivity index (χ1n) is 5.15. The van der Waals surface area contributed by atoms with Crippen molar-refractivity contribution in [1.82, 2.24) is 0 Å². The van der Waals surface area contributed by atoms with Crippen molar-refractivity contribution in [3.8, 4) is 16.5 Å². The van der Waals surface area contributed by atoms with E-state index in [-0.39, 0.29) is 0 Å². The van der Waals surface area contributed by atoms with Gasteiger partial charge in [0.1, 0.15) is 5.40 Å². The molecule has 2 aromatic carbocycles. The molecule has 0 N–H and O–H groups in total. The molecule has 3 heteroatoms. The van der Waals surface area contributed by atoms with Crippen molar-refractivity contribution in [2.75, 3.05) is 0 Å². The van der Waals surface area contributed by atoms with E-state index in [2.05, 4.69) is 17.5 Å². The maximum absolute atomic E-state index is 8.49. The maximum Gasteiger partial charge on any atom is 0.133 e. The van der Waals surface area contributed by atoms with Crippen LogP contribution in [0.1, 0.15) is 5.56 Å². The zero-order valence-electron chi connectivity index (χ0n) is 9.06. The van der Waals surface area contributed by atoms with E-state index in [1.165, 1.54) is 11.8 Å². The van der Waals surface area contributed by atoms with Gasteiger partial charge >= 0.3 is 0 Å². The fourth-order valence-corrected chi connectivity index (χ4v) is 2.10. The number of thioether (sulfide) groups is 1. The van der Waals surface area contributed by atoms with E-state index in [1.54, 1.807) is 0 Å². The van der Waals surface area contributed by atoms with Gasteiger partial charge in [-0.2, -0.15) is 5.26 Å². The van der Waals surface area contributed by atoms with Gasteiger partial charge in [-0.3, -0.25) is 0 Å². The summed E-state index contributed by atoms with van der Waals surface area (Å²) in [6.45, 7) is 0. The predicted molar refractivity (Wildman–Crippen MR) is 73.8 cm³/mol. The highest BCUT2D eigenvalue weighted by Gasteiger charge is 1.98. The molecule has 0 amide bonds. The Labute approximate surface area is 110 Å². The van der Waals surface area contributed by atoms with Crippen molar-refractivity contribution in [3.63, 3.8) is 0 Å². The molecular formula is C14H10ClNS. The molecule has 17 heavy (non-hydrogen) atoms. The largest absolute Gasteiger partial charge is 0.185 e. The molecule has 0 saturated heterocycles. The molecule has 0 bridgehead atoms. The Bertz CT molecular complexity index is 526. The Balaban J connectivity index is 2.18. The minimum Gasteiger partial charge on any atom is -0.185 e. The molecule has 0 aliphatic heterocycles. The van der Waals surface area contributed by atoms with Crippen LogP contribution >= 0.6 is 23.4 Å². The highest BCUT2D eigenvalue weighted by Crippen LogP contribution is 2.22. The summed E-state index contributed by atoms with van der Waals surface area (Å²) in [6.07, 6.45) is 0. The summed E-state index contributed by atoms with van der Waals surface area (Å²) in [6, 6.07) is 16.0. The van der Waals surface area contributed by atoms with Crippen LogP contribution in [-0.4, -0.2) is 0 Å². The molecule has 0 aliphatic rings. The molecule has 84 valence electrons. The lowest BCUT2D eigenvalue weighted by molar-refractivity contribution is 1.42. The first kappa shape index (κ1) is 12.0. The first-order chi connectivity index (χ1) is 8.29. The standard InChI is InChI=1S/C14H10ClNS/c15-14-7-5-13(6-8-14)12-3-1-11(2-4-12)9-17-10-16/h1-8H,9H2. The summed E-state index contributed by atoms with van der Waals surface area (Å²) in [4.78, 5) is 0. The van der Waals surface area contributed by atoms with Crippen molar-refractivity contribution in [1.29, 1.82) is 5.26 Å². The van der Waals surface area contributed by atoms with E-state index < -0.39 is 0 Å². The number of nitriles is 1. The van der Waals surface area contributed by atoms with Gasteiger partial charge < -0.3 is 0 Å². The van der Waals surface area contributed by atoms with Gasteiger partial charge in [0.15, 0.2) is 0 Å². The second-order valence-electron chi connectivity index (χ2n) is 3.58. The van der Waals surface area contributed by atoms with Gasteiger partial charge in [0.25, 0.3) is 0 Å². The molecule has 2 rings (SSSR count). The van der Waals surface area contributed by atoms with Crippen LogP contribution in [0.5, 0.6) is 0 Å². The van der Waals surface area contributed by atoms with Crippen molar-refractivity contribution >= 4 is 23.4 Å². The van der Waals surface area contributed by atoms with E-state index in [9.17, 15) is 0 Å². The second kappa shape index (κ2) is 5.77. The van der Waals surface area contributed by atoms with Crippen molar-refractivity contribution < 1.29 is 0 Å². The molecule has 1 nitrogen and oxygen atoms in total. The summed E-state index contributed by atoms with van der Waals surface area (Å²) in [5, 5.41) is 11.3. The van der Waals surface area contributed by atoms with E-state index in [0.29, 0.717) is 0 Å². The van der Waals surface area contributed by atoms with Gasteiger partial charge in [0, 0.05) is 10.8 Å². The van der Waals surface area contributed by atoms with Crippen LogP contribution in [0.4, 0.5) is 0 Å². The molecule has 0 radical (unpaired) electrons. The van der Waals surface area contributed by atoms with Gasteiger partial charge in [-0.1, -0.05) is 48.0 Å². The number of rotatable bonds is 3. The minimum atomic E-state index is 0.734. The number of hydrogen-bond donors (Lipinski definition) is 0. The molecule has 0 aliphatic carbocycles. The average molecular weight is 260 g/mol. The van der Waals surface area contributed by atoms with E-state index >= 15 is 0 Å². The Morgan fingerprint density at radius 1 is 0.941 bits per heavy atom. The number of hydrogen-bond acceptors (Lipinski definition) is 2. The highest BCUT2D eigenvalue weighted by atomic mass is 35.5. The lowest BCUT2D eigenvalue weighted by atomic mass is 10.0. The molecule has 0 unspecified atom stereocenters. The normalized spacial score (nSPS) is 9.88. The minimum absolute atomic E-state index is 0.734. The third-order valence-electron chi connectivity index (χ3n) is 2.43. The molecule has 0 atom stereocenters. The monoisotopic (exact) mass is 259 g/mol. The molecule has 0 aromatic heterocycles. The topological polar surface area (TPSA) is 23.8 Å². The van der Waals surface area contributed by atoms with Crippen LogP contribution in [-0.2, 0) is 5.75 Å². The first-order valence-corrected chi connectivity index (χ1v) is 6.52. The van der Waals surface area contributed by atoms with Gasteiger partial charge in [0.05, 0.1) is 0 Å². The molecule has 0 heterocycles. The molecule has 0 fully saturated rings. The smallest absolute Gasteiger partial charge is 0.133 e. The number of thiocyanates is 1. The summed E-state index contributed by atoms with van der Waals surface area (Å²) in [5.74, 6) is 0.734. The quantitative estimate of drug-likeness (QED) is 0.745. The third-order valence-corrected chi connectivity index (χ3v) is 3.29. The van der Waals surface area contributed by atoms with Crippen LogP contribution in [0.15, 0.2) is 48.5 Å². The zero-order valence-corrected chi connectivity index (χ0v) is 10.6. The molecule has 0 spiro atoms. The number of halogens is 1. The van der Waals surface area contributed by atoms with E-state index in [4.69, 9.17) is 16.9 Å². The Hall–Kier alpha value is -1.43. The fourth-order valence-electron chi connectivity index (χ4n) is 1.55. The van der Waals surface area contributed by atoms with Gasteiger partial charge in [0.2, 0.25) is 0 Å². The third kappa shape index (κ3) is 3.26. The number of benzene rings is 2. The van der Waals surface area contributed by atoms with Gasteiger partial charge in [-0.05, 0) is 40.6 Å². The SMILES string of the molecule is N#CSCc1ccc(-c2ccc(Cl)cc2)cc1. The van der Waals surface area contributed by atoms with Gasteiger partial charge in [-0.25, -0.2) is 0 Å². The fraction of sp³-hybridized carbons (Fsp3) is 0.0714. The Morgan fingerprint density at radius 2 is 1.47 bits per heavy atom. The van der Waals surface area contributed by atoms with Crippen molar-refractivity contribution in [2.45, 2.75) is 5.75 Å². The highest BCUT2D eigenvalue weighted by molar-refractivity contribution is 8.02. The second-order valence-corrected chi connectivity index (χ2v) is 4.78. The molecule has 0 saturated carbocycles. The Kier molecular flexibility index (Phi) is 4.08. The average Bonchev–Trinajstić information content (AvgIpc) is 2.38. The Morgan fingerprint density at radius 3 is 2.00 bits per heavy atom. The maximum atomic E-state index is 8.49. The van der Waals surface area contributed by atoms with Crippen LogP contribution in [0.3, 0.4) is 0 Å². The van der Waals surface area contributed by atoms with Crippen molar-refractivity contribution in [2.24, 2.45) is 0 Å². The van der Waals surface area contributed by atoms with E-state index in [0.717, 1.165) is 27.5 Å². The summed E-state index contributed by atoms with van der Waals surface area (Å²) >= 11 is 7.10. The van der Waals surface area contributed by atoms with Crippen LogP contribution in [0.25, 0.3) is 11.1 Å². The lowest BCUT2D eigenvalue weighted by Gasteiger charge is -2.03. The van der Waals surface area contributed by atoms with Gasteiger partial charge in [-0.15, -0.1) is 0 Å². The van der Waals surface area contributed by atoms with E-state index in [1.807, 2.05) is 36.4 Å². The summed E-state index contributed by atoms with van der Waals surface area (Å²) in [7, 11) is 0. The summed E-state index contributed by atoms with van der Waals surface area (Å²) in [5.41, 5.74) is 3.47. The van der Waals surface area contributed by atoms with Crippen LogP contribution in [0.2, 0.25) is 5.02 Å². The molecular weight excluding hydrogens is 250 g/mol. The predicted octanol–water partition coefficient (Wildman–Crippen LogP) is 4.72. The lowest BCUT2D eigenvalue weighted by Crippen LogP contribution is -1.81.